The number of aromatic hydroxyl groups is 2. The minimum Gasteiger partial charge on any atom is -0.508 e. The van der Waals surface area contributed by atoms with Crippen LogP contribution in [0.25, 0.3) is 0 Å². The van der Waals surface area contributed by atoms with Gasteiger partial charge in [-0.1, -0.05) is 33.1 Å². The van der Waals surface area contributed by atoms with Gasteiger partial charge in [-0.15, -0.1) is 0 Å². The van der Waals surface area contributed by atoms with E-state index in [1.165, 1.54) is 25.3 Å². The zero-order valence-electron chi connectivity index (χ0n) is 22.0. The summed E-state index contributed by atoms with van der Waals surface area (Å²) in [7, 11) is 0. The third-order valence-electron chi connectivity index (χ3n) is 8.49. The molecule has 0 bridgehead atoms. The fraction of sp³-hybridized carbons (Fsp3) is 0.724. The zero-order chi connectivity index (χ0) is 25.7. The maximum atomic E-state index is 13.1. The predicted octanol–water partition coefficient (Wildman–Crippen LogP) is 5.10. The summed E-state index contributed by atoms with van der Waals surface area (Å²) in [5.74, 6) is 0.364. The fourth-order valence-electron chi connectivity index (χ4n) is 6.19. The van der Waals surface area contributed by atoms with Gasteiger partial charge in [-0.25, -0.2) is 0 Å². The van der Waals surface area contributed by atoms with E-state index in [-0.39, 0.29) is 47.0 Å². The number of amides is 1. The molecule has 0 unspecified atom stereocenters. The third-order valence-corrected chi connectivity index (χ3v) is 8.49. The molecular formula is C29H44N2O5. The molecule has 200 valence electrons. The number of carbonyl (C=O) groups excluding carboxylic acids is 2. The molecule has 1 atom stereocenters. The van der Waals surface area contributed by atoms with E-state index in [0.29, 0.717) is 30.5 Å². The molecule has 3 N–H and O–H groups in total. The monoisotopic (exact) mass is 500 g/mol. The second kappa shape index (κ2) is 12.3. The Morgan fingerprint density at radius 1 is 0.944 bits per heavy atom. The van der Waals surface area contributed by atoms with Crippen LogP contribution in [0.15, 0.2) is 12.1 Å². The molecule has 1 aromatic rings. The van der Waals surface area contributed by atoms with Gasteiger partial charge >= 0.3 is 5.97 Å². The maximum Gasteiger partial charge on any atom is 0.323 e. The van der Waals surface area contributed by atoms with E-state index in [1.54, 1.807) is 11.0 Å². The lowest BCUT2D eigenvalue weighted by Crippen LogP contribution is -2.48. The number of nitrogens with one attached hydrogen (secondary N) is 1. The highest BCUT2D eigenvalue weighted by Crippen LogP contribution is 2.34. The minimum atomic E-state index is -0.228. The van der Waals surface area contributed by atoms with Gasteiger partial charge in [-0.3, -0.25) is 9.59 Å². The second-order valence-electron chi connectivity index (χ2n) is 11.4. The summed E-state index contributed by atoms with van der Waals surface area (Å²) >= 11 is 0. The molecule has 1 saturated heterocycles. The zero-order valence-corrected chi connectivity index (χ0v) is 22.0. The van der Waals surface area contributed by atoms with Crippen molar-refractivity contribution in [2.45, 2.75) is 103 Å². The van der Waals surface area contributed by atoms with Crippen LogP contribution >= 0.6 is 0 Å². The maximum absolute atomic E-state index is 13.1. The Kier molecular flexibility index (Phi) is 9.15. The van der Waals surface area contributed by atoms with Crippen LogP contribution < -0.4 is 5.32 Å². The highest BCUT2D eigenvalue weighted by molar-refractivity contribution is 5.97. The Labute approximate surface area is 215 Å². The number of esters is 1. The Morgan fingerprint density at radius 3 is 2.22 bits per heavy atom. The van der Waals surface area contributed by atoms with Crippen LogP contribution in [-0.4, -0.2) is 58.8 Å². The van der Waals surface area contributed by atoms with E-state index in [4.69, 9.17) is 4.74 Å². The first-order chi connectivity index (χ1) is 17.3. The van der Waals surface area contributed by atoms with Crippen molar-refractivity contribution in [2.24, 2.45) is 11.8 Å². The Bertz CT molecular complexity index is 897. The summed E-state index contributed by atoms with van der Waals surface area (Å²) in [6.07, 6.45) is 11.9. The van der Waals surface area contributed by atoms with Gasteiger partial charge in [0.2, 0.25) is 0 Å². The van der Waals surface area contributed by atoms with Gasteiger partial charge in [-0.2, -0.15) is 0 Å². The van der Waals surface area contributed by atoms with Crippen LogP contribution in [0.1, 0.15) is 106 Å². The average Bonchev–Trinajstić information content (AvgIpc) is 3.38. The lowest BCUT2D eigenvalue weighted by molar-refractivity contribution is -0.153. The van der Waals surface area contributed by atoms with Crippen LogP contribution in [0.5, 0.6) is 11.5 Å². The van der Waals surface area contributed by atoms with E-state index < -0.39 is 0 Å². The molecule has 2 saturated carbocycles. The average molecular weight is 501 g/mol. The van der Waals surface area contributed by atoms with E-state index in [1.807, 2.05) is 13.8 Å². The standard InChI is InChI=1S/C29H44N2O5/c1-19(2)23-16-24(26(33)17-25(23)32)28(34)31-14-12-20(13-15-31)18-30-27(21-8-4-3-5-9-21)29(35)36-22-10-6-7-11-22/h16-17,19-22,27,30,32-33H,3-15,18H2,1-2H3/t27-/m0/s1. The van der Waals surface area contributed by atoms with Gasteiger partial charge in [0.1, 0.15) is 23.6 Å². The van der Waals surface area contributed by atoms with Crippen molar-refractivity contribution >= 4 is 11.9 Å². The first-order valence-electron chi connectivity index (χ1n) is 14.1. The summed E-state index contributed by atoms with van der Waals surface area (Å²) < 4.78 is 5.91. The molecule has 3 fully saturated rings. The number of rotatable bonds is 8. The number of ether oxygens (including phenoxy) is 1. The summed E-state index contributed by atoms with van der Waals surface area (Å²) in [5, 5.41) is 24.0. The number of carbonyl (C=O) groups is 2. The topological polar surface area (TPSA) is 99.1 Å². The molecule has 1 aromatic carbocycles. The number of nitrogens with zero attached hydrogens (tertiary/aromatic N) is 1. The van der Waals surface area contributed by atoms with Gasteiger partial charge in [0.25, 0.3) is 5.91 Å². The van der Waals surface area contributed by atoms with Gasteiger partial charge in [0.05, 0.1) is 5.56 Å². The Hall–Kier alpha value is -2.28. The lowest BCUT2D eigenvalue weighted by atomic mass is 9.83. The van der Waals surface area contributed by atoms with E-state index in [9.17, 15) is 19.8 Å². The molecule has 2 aliphatic carbocycles. The number of hydrogen-bond acceptors (Lipinski definition) is 6. The molecule has 4 rings (SSSR count). The molecule has 1 amide bonds. The first kappa shape index (κ1) is 26.8. The fourth-order valence-corrected chi connectivity index (χ4v) is 6.19. The van der Waals surface area contributed by atoms with Gasteiger partial charge in [0, 0.05) is 19.2 Å². The summed E-state index contributed by atoms with van der Waals surface area (Å²) in [6, 6.07) is 2.67. The molecule has 1 aliphatic heterocycles. The number of piperidine rings is 1. The quantitative estimate of drug-likeness (QED) is 0.430. The molecule has 7 heteroatoms. The van der Waals surface area contributed by atoms with E-state index in [2.05, 4.69) is 5.32 Å². The molecule has 3 aliphatic rings. The molecule has 0 radical (unpaired) electrons. The van der Waals surface area contributed by atoms with Crippen molar-refractivity contribution < 1.29 is 24.5 Å². The Morgan fingerprint density at radius 2 is 1.58 bits per heavy atom. The molecule has 7 nitrogen and oxygen atoms in total. The molecule has 1 heterocycles. The van der Waals surface area contributed by atoms with Crippen molar-refractivity contribution in [1.29, 1.82) is 0 Å². The van der Waals surface area contributed by atoms with Crippen molar-refractivity contribution in [3.8, 4) is 11.5 Å². The third kappa shape index (κ3) is 6.53. The number of likely N-dealkylation sites (tertiary alicyclic amines) is 1. The number of phenolic OH excluding ortho intramolecular Hbond substituents is 2. The van der Waals surface area contributed by atoms with E-state index in [0.717, 1.165) is 57.9 Å². The largest absolute Gasteiger partial charge is 0.508 e. The van der Waals surface area contributed by atoms with Crippen molar-refractivity contribution in [1.82, 2.24) is 10.2 Å². The van der Waals surface area contributed by atoms with Crippen molar-refractivity contribution in [3.05, 3.63) is 23.3 Å². The number of phenols is 2. The van der Waals surface area contributed by atoms with Crippen molar-refractivity contribution in [2.75, 3.05) is 19.6 Å². The van der Waals surface area contributed by atoms with Crippen LogP contribution in [0, 0.1) is 11.8 Å². The van der Waals surface area contributed by atoms with Crippen molar-refractivity contribution in [3.63, 3.8) is 0 Å². The van der Waals surface area contributed by atoms with Gasteiger partial charge < -0.3 is 25.2 Å². The molecular weight excluding hydrogens is 456 g/mol. The molecule has 0 spiro atoms. The number of benzene rings is 1. The molecule has 0 aromatic heterocycles. The van der Waals surface area contributed by atoms with Gasteiger partial charge in [-0.05, 0) is 87.3 Å². The Balaban J connectivity index is 1.32. The SMILES string of the molecule is CC(C)c1cc(C(=O)N2CCC(CN[C@H](C(=O)OC3CCCC3)C3CCCCC3)CC2)c(O)cc1O. The van der Waals surface area contributed by atoms with Crippen LogP contribution in [-0.2, 0) is 9.53 Å². The van der Waals surface area contributed by atoms with Crippen LogP contribution in [0.2, 0.25) is 0 Å². The molecule has 36 heavy (non-hydrogen) atoms. The lowest BCUT2D eigenvalue weighted by Gasteiger charge is -2.35. The smallest absolute Gasteiger partial charge is 0.323 e. The van der Waals surface area contributed by atoms with Crippen LogP contribution in [0.3, 0.4) is 0 Å². The highest BCUT2D eigenvalue weighted by atomic mass is 16.5. The summed E-state index contributed by atoms with van der Waals surface area (Å²) in [6.45, 7) is 5.88. The summed E-state index contributed by atoms with van der Waals surface area (Å²) in [5.41, 5.74) is 0.911. The first-order valence-corrected chi connectivity index (χ1v) is 14.1. The summed E-state index contributed by atoms with van der Waals surface area (Å²) in [4.78, 5) is 28.1. The normalized spacial score (nSPS) is 21.1. The second-order valence-corrected chi connectivity index (χ2v) is 11.4. The minimum absolute atomic E-state index is 0.0165. The predicted molar refractivity (Wildman–Crippen MR) is 139 cm³/mol. The van der Waals surface area contributed by atoms with Crippen LogP contribution in [0.4, 0.5) is 0 Å². The highest BCUT2D eigenvalue weighted by Gasteiger charge is 2.34. The number of hydrogen-bond donors (Lipinski definition) is 3. The van der Waals surface area contributed by atoms with Gasteiger partial charge in [0.15, 0.2) is 0 Å². The van der Waals surface area contributed by atoms with E-state index >= 15 is 0 Å².